The Morgan fingerprint density at radius 1 is 1.31 bits per heavy atom. The number of nitrogens with zero attached hydrogens (tertiary/aromatic N) is 1. The van der Waals surface area contributed by atoms with Crippen molar-refractivity contribution in [3.63, 3.8) is 0 Å². The van der Waals surface area contributed by atoms with Gasteiger partial charge in [-0.3, -0.25) is 0 Å². The highest BCUT2D eigenvalue weighted by atomic mass is 15.2. The fraction of sp³-hybridized carbons (Fsp3) is 1.00. The predicted molar refractivity (Wildman–Crippen MR) is 56.7 cm³/mol. The van der Waals surface area contributed by atoms with Gasteiger partial charge in [-0.1, -0.05) is 34.1 Å². The molecule has 0 aromatic rings. The van der Waals surface area contributed by atoms with Crippen molar-refractivity contribution in [2.75, 3.05) is 19.6 Å². The topological polar surface area (TPSA) is 3.24 Å². The smallest absolute Gasteiger partial charge is 0.00184 e. The lowest BCUT2D eigenvalue weighted by Crippen LogP contribution is -2.30. The zero-order valence-electron chi connectivity index (χ0n) is 9.51. The summed E-state index contributed by atoms with van der Waals surface area (Å²) in [6, 6.07) is 0. The van der Waals surface area contributed by atoms with Gasteiger partial charge in [-0.05, 0) is 23.2 Å². The summed E-state index contributed by atoms with van der Waals surface area (Å²) in [6.45, 7) is 13.6. The first-order valence-corrected chi connectivity index (χ1v) is 5.78. The van der Waals surface area contributed by atoms with Crippen LogP contribution in [0.4, 0.5) is 0 Å². The number of hydrogen-bond donors (Lipinski definition) is 0. The quantitative estimate of drug-likeness (QED) is 0.647. The average molecular weight is 181 g/mol. The van der Waals surface area contributed by atoms with Crippen molar-refractivity contribution in [1.29, 1.82) is 0 Å². The molecule has 3 unspecified atom stereocenters. The molecule has 1 heteroatoms. The molecule has 0 bridgehead atoms. The van der Waals surface area contributed by atoms with Crippen LogP contribution in [-0.4, -0.2) is 24.5 Å². The van der Waals surface area contributed by atoms with Crippen LogP contribution in [0.2, 0.25) is 0 Å². The van der Waals surface area contributed by atoms with E-state index < -0.39 is 0 Å². The van der Waals surface area contributed by atoms with Crippen LogP contribution >= 0.6 is 0 Å². The van der Waals surface area contributed by atoms with E-state index in [0.29, 0.717) is 5.41 Å². The number of fused-ring (bicyclic) bond motifs is 1. The maximum absolute atomic E-state index is 2.68. The molecule has 2 rings (SSSR count). The molecule has 3 atom stereocenters. The molecule has 76 valence electrons. The average Bonchev–Trinajstić information content (AvgIpc) is 2.54. The third kappa shape index (κ3) is 1.52. The summed E-state index contributed by atoms with van der Waals surface area (Å²) in [5.41, 5.74) is 0.686. The Hall–Kier alpha value is -0.0400. The van der Waals surface area contributed by atoms with Gasteiger partial charge in [0.2, 0.25) is 0 Å². The Balaban J connectivity index is 1.78. The van der Waals surface area contributed by atoms with E-state index in [9.17, 15) is 0 Å². The lowest BCUT2D eigenvalue weighted by Gasteiger charge is -2.24. The van der Waals surface area contributed by atoms with Gasteiger partial charge in [0, 0.05) is 19.6 Å². The summed E-state index contributed by atoms with van der Waals surface area (Å²) in [6.07, 6.45) is 1.33. The molecule has 1 saturated heterocycles. The van der Waals surface area contributed by atoms with Crippen LogP contribution in [0.15, 0.2) is 0 Å². The first kappa shape index (κ1) is 9.51. The number of hydrogen-bond acceptors (Lipinski definition) is 1. The number of rotatable bonds is 3. The second kappa shape index (κ2) is 2.98. The third-order valence-electron chi connectivity index (χ3n) is 4.46. The van der Waals surface area contributed by atoms with Crippen LogP contribution in [0.1, 0.15) is 34.1 Å². The van der Waals surface area contributed by atoms with Gasteiger partial charge in [-0.2, -0.15) is 0 Å². The molecular formula is C12H23N. The molecule has 0 radical (unpaired) electrons. The number of likely N-dealkylation sites (tertiary alicyclic amines) is 1. The highest BCUT2D eigenvalue weighted by molar-refractivity contribution is 5.11. The molecule has 0 amide bonds. The van der Waals surface area contributed by atoms with Gasteiger partial charge in [0.25, 0.3) is 0 Å². The predicted octanol–water partition coefficient (Wildman–Crippen LogP) is 2.62. The minimum absolute atomic E-state index is 0.686. The maximum atomic E-state index is 2.68. The maximum Gasteiger partial charge on any atom is 0.00184 e. The van der Waals surface area contributed by atoms with Crippen molar-refractivity contribution in [2.45, 2.75) is 34.1 Å². The van der Waals surface area contributed by atoms with E-state index in [-0.39, 0.29) is 0 Å². The van der Waals surface area contributed by atoms with Crippen molar-refractivity contribution >= 4 is 0 Å². The lowest BCUT2D eigenvalue weighted by molar-refractivity contribution is 0.226. The fourth-order valence-corrected chi connectivity index (χ4v) is 2.93. The van der Waals surface area contributed by atoms with Crippen LogP contribution in [0.3, 0.4) is 0 Å². The molecule has 1 aliphatic carbocycles. The molecule has 2 fully saturated rings. The van der Waals surface area contributed by atoms with Gasteiger partial charge in [0.1, 0.15) is 0 Å². The van der Waals surface area contributed by atoms with Crippen molar-refractivity contribution < 1.29 is 0 Å². The van der Waals surface area contributed by atoms with Gasteiger partial charge < -0.3 is 4.90 Å². The second-order valence-corrected chi connectivity index (χ2v) is 5.77. The van der Waals surface area contributed by atoms with Gasteiger partial charge in [-0.25, -0.2) is 0 Å². The third-order valence-corrected chi connectivity index (χ3v) is 4.46. The molecular weight excluding hydrogens is 158 g/mol. The standard InChI is InChI=1S/C12H23N/c1-5-9(2)6-13-7-10-11(8-13)12(10,3)4/h9-11H,5-8H2,1-4H3. The summed E-state index contributed by atoms with van der Waals surface area (Å²) in [5, 5.41) is 0. The highest BCUT2D eigenvalue weighted by Gasteiger charge is 2.61. The second-order valence-electron chi connectivity index (χ2n) is 5.77. The molecule has 0 N–H and O–H groups in total. The molecule has 1 heterocycles. The largest absolute Gasteiger partial charge is 0.302 e. The van der Waals surface area contributed by atoms with Crippen LogP contribution < -0.4 is 0 Å². The normalized spacial score (nSPS) is 38.8. The first-order valence-electron chi connectivity index (χ1n) is 5.78. The molecule has 0 spiro atoms. The fourth-order valence-electron chi connectivity index (χ4n) is 2.93. The first-order chi connectivity index (χ1) is 6.05. The molecule has 0 aromatic heterocycles. The van der Waals surface area contributed by atoms with Gasteiger partial charge in [0.15, 0.2) is 0 Å². The van der Waals surface area contributed by atoms with E-state index in [1.165, 1.54) is 26.1 Å². The van der Waals surface area contributed by atoms with Crippen LogP contribution in [0.5, 0.6) is 0 Å². The Bertz CT molecular complexity index is 183. The number of piperidine rings is 1. The summed E-state index contributed by atoms with van der Waals surface area (Å²) >= 11 is 0. The molecule has 1 nitrogen and oxygen atoms in total. The summed E-state index contributed by atoms with van der Waals surface area (Å²) < 4.78 is 0. The molecule has 2 aliphatic rings. The van der Waals surface area contributed by atoms with Gasteiger partial charge >= 0.3 is 0 Å². The van der Waals surface area contributed by atoms with Crippen LogP contribution in [-0.2, 0) is 0 Å². The van der Waals surface area contributed by atoms with Gasteiger partial charge in [-0.15, -0.1) is 0 Å². The zero-order chi connectivity index (χ0) is 9.64. The highest BCUT2D eigenvalue weighted by Crippen LogP contribution is 2.61. The monoisotopic (exact) mass is 181 g/mol. The Labute approximate surface area is 82.5 Å². The van der Waals surface area contributed by atoms with Crippen molar-refractivity contribution in [2.24, 2.45) is 23.2 Å². The summed E-state index contributed by atoms with van der Waals surface area (Å²) in [7, 11) is 0. The summed E-state index contributed by atoms with van der Waals surface area (Å²) in [4.78, 5) is 2.68. The van der Waals surface area contributed by atoms with Gasteiger partial charge in [0.05, 0.1) is 0 Å². The van der Waals surface area contributed by atoms with E-state index >= 15 is 0 Å². The summed E-state index contributed by atoms with van der Waals surface area (Å²) in [5.74, 6) is 2.94. The van der Waals surface area contributed by atoms with E-state index in [2.05, 4.69) is 32.6 Å². The van der Waals surface area contributed by atoms with E-state index in [4.69, 9.17) is 0 Å². The molecule has 0 aromatic carbocycles. The van der Waals surface area contributed by atoms with Crippen LogP contribution in [0.25, 0.3) is 0 Å². The Kier molecular flexibility index (Phi) is 2.18. The van der Waals surface area contributed by atoms with Crippen molar-refractivity contribution in [3.8, 4) is 0 Å². The minimum Gasteiger partial charge on any atom is -0.302 e. The Morgan fingerprint density at radius 2 is 1.85 bits per heavy atom. The van der Waals surface area contributed by atoms with Crippen molar-refractivity contribution in [1.82, 2.24) is 4.90 Å². The minimum atomic E-state index is 0.686. The SMILES string of the molecule is CCC(C)CN1CC2C(C1)C2(C)C. The molecule has 13 heavy (non-hydrogen) atoms. The van der Waals surface area contributed by atoms with E-state index in [1.807, 2.05) is 0 Å². The lowest BCUT2D eigenvalue weighted by atomic mass is 10.0. The van der Waals surface area contributed by atoms with E-state index in [1.54, 1.807) is 0 Å². The molecule has 1 aliphatic heterocycles. The van der Waals surface area contributed by atoms with E-state index in [0.717, 1.165) is 17.8 Å². The Morgan fingerprint density at radius 3 is 2.31 bits per heavy atom. The van der Waals surface area contributed by atoms with Crippen LogP contribution in [0, 0.1) is 23.2 Å². The zero-order valence-corrected chi connectivity index (χ0v) is 9.51. The van der Waals surface area contributed by atoms with Crippen molar-refractivity contribution in [3.05, 3.63) is 0 Å². The molecule has 1 saturated carbocycles.